The number of nitrogens with zero attached hydrogens (tertiary/aromatic N) is 1. The average Bonchev–Trinajstić information content (AvgIpc) is 2.67. The number of piperidine rings is 1. The topological polar surface area (TPSA) is 24.5 Å². The molecule has 0 saturated carbocycles. The molecule has 3 aliphatic heterocycles. The maximum atomic E-state index is 5.31. The Morgan fingerprint density at radius 3 is 2.88 bits per heavy atom. The van der Waals surface area contributed by atoms with Crippen molar-refractivity contribution < 1.29 is 4.74 Å². The molecule has 3 fully saturated rings. The second-order valence-electron chi connectivity index (χ2n) is 6.18. The Balaban J connectivity index is 1.51. The molecule has 3 nitrogen and oxygen atoms in total. The van der Waals surface area contributed by atoms with E-state index >= 15 is 0 Å². The van der Waals surface area contributed by atoms with Crippen LogP contribution in [0.1, 0.15) is 32.6 Å². The van der Waals surface area contributed by atoms with Gasteiger partial charge in [0.25, 0.3) is 0 Å². The average molecular weight is 224 g/mol. The Hall–Kier alpha value is -0.120. The van der Waals surface area contributed by atoms with Gasteiger partial charge in [0.2, 0.25) is 0 Å². The van der Waals surface area contributed by atoms with Gasteiger partial charge >= 0.3 is 0 Å². The summed E-state index contributed by atoms with van der Waals surface area (Å²) in [6.45, 7) is 8.01. The van der Waals surface area contributed by atoms with E-state index in [1.807, 2.05) is 0 Å². The molecule has 0 amide bonds. The Morgan fingerprint density at radius 2 is 2.12 bits per heavy atom. The molecule has 3 heterocycles. The van der Waals surface area contributed by atoms with Gasteiger partial charge in [-0.15, -0.1) is 0 Å². The van der Waals surface area contributed by atoms with Crippen LogP contribution in [0.15, 0.2) is 0 Å². The molecule has 0 spiro atoms. The first-order chi connectivity index (χ1) is 7.77. The largest absolute Gasteiger partial charge is 0.380 e. The van der Waals surface area contributed by atoms with Crippen molar-refractivity contribution in [3.8, 4) is 0 Å². The van der Waals surface area contributed by atoms with Crippen LogP contribution in [0.2, 0.25) is 0 Å². The summed E-state index contributed by atoms with van der Waals surface area (Å²) in [5, 5.41) is 3.80. The number of rotatable bonds is 3. The van der Waals surface area contributed by atoms with E-state index in [4.69, 9.17) is 4.74 Å². The highest BCUT2D eigenvalue weighted by molar-refractivity contribution is 4.95. The van der Waals surface area contributed by atoms with E-state index < -0.39 is 0 Å². The highest BCUT2D eigenvalue weighted by Gasteiger charge is 2.38. The SMILES string of the molecule is CC1(CNC2CCN3CCCCC23)COC1. The van der Waals surface area contributed by atoms with Crippen LogP contribution in [0.3, 0.4) is 0 Å². The van der Waals surface area contributed by atoms with E-state index in [2.05, 4.69) is 17.1 Å². The van der Waals surface area contributed by atoms with Crippen molar-refractivity contribution in [3.05, 3.63) is 0 Å². The third kappa shape index (κ3) is 2.01. The molecule has 0 aromatic carbocycles. The van der Waals surface area contributed by atoms with Gasteiger partial charge in [0.05, 0.1) is 13.2 Å². The van der Waals surface area contributed by atoms with Gasteiger partial charge in [-0.2, -0.15) is 0 Å². The molecule has 2 unspecified atom stereocenters. The summed E-state index contributed by atoms with van der Waals surface area (Å²) in [5.74, 6) is 0. The van der Waals surface area contributed by atoms with Gasteiger partial charge in [-0.1, -0.05) is 13.3 Å². The summed E-state index contributed by atoms with van der Waals surface area (Å²) in [4.78, 5) is 2.70. The Bertz CT molecular complexity index is 252. The lowest BCUT2D eigenvalue weighted by atomic mass is 9.88. The zero-order valence-corrected chi connectivity index (χ0v) is 10.4. The maximum Gasteiger partial charge on any atom is 0.0554 e. The predicted octanol–water partition coefficient (Wildman–Crippen LogP) is 1.24. The fraction of sp³-hybridized carbons (Fsp3) is 1.00. The van der Waals surface area contributed by atoms with Crippen LogP contribution < -0.4 is 5.32 Å². The molecule has 3 heteroatoms. The van der Waals surface area contributed by atoms with Crippen molar-refractivity contribution in [2.75, 3.05) is 32.8 Å². The lowest BCUT2D eigenvalue weighted by Gasteiger charge is -2.40. The molecule has 0 aromatic heterocycles. The van der Waals surface area contributed by atoms with E-state index in [-0.39, 0.29) is 0 Å². The minimum Gasteiger partial charge on any atom is -0.380 e. The van der Waals surface area contributed by atoms with Crippen LogP contribution in [0.4, 0.5) is 0 Å². The number of hydrogen-bond donors (Lipinski definition) is 1. The lowest BCUT2D eigenvalue weighted by molar-refractivity contribution is -0.100. The van der Waals surface area contributed by atoms with Crippen molar-refractivity contribution in [2.24, 2.45) is 5.41 Å². The smallest absolute Gasteiger partial charge is 0.0554 e. The molecule has 0 bridgehead atoms. The summed E-state index contributed by atoms with van der Waals surface area (Å²) < 4.78 is 5.31. The monoisotopic (exact) mass is 224 g/mol. The first-order valence-electron chi connectivity index (χ1n) is 6.82. The molecule has 0 radical (unpaired) electrons. The zero-order chi connectivity index (χ0) is 11.0. The first-order valence-corrected chi connectivity index (χ1v) is 6.82. The molecule has 1 N–H and O–H groups in total. The molecule has 16 heavy (non-hydrogen) atoms. The van der Waals surface area contributed by atoms with Gasteiger partial charge in [-0.25, -0.2) is 0 Å². The Kier molecular flexibility index (Phi) is 2.94. The second kappa shape index (κ2) is 4.28. The number of fused-ring (bicyclic) bond motifs is 1. The number of ether oxygens (including phenoxy) is 1. The third-order valence-corrected chi connectivity index (χ3v) is 4.55. The normalized spacial score (nSPS) is 38.1. The van der Waals surface area contributed by atoms with E-state index in [0.29, 0.717) is 5.41 Å². The van der Waals surface area contributed by atoms with Crippen LogP contribution in [-0.4, -0.2) is 49.8 Å². The van der Waals surface area contributed by atoms with E-state index in [1.54, 1.807) is 0 Å². The fourth-order valence-electron chi connectivity index (χ4n) is 3.42. The Morgan fingerprint density at radius 1 is 1.25 bits per heavy atom. The van der Waals surface area contributed by atoms with Crippen molar-refractivity contribution >= 4 is 0 Å². The summed E-state index contributed by atoms with van der Waals surface area (Å²) in [6, 6.07) is 1.58. The minimum absolute atomic E-state index is 0.419. The van der Waals surface area contributed by atoms with Gasteiger partial charge < -0.3 is 10.1 Å². The Labute approximate surface area is 98.5 Å². The lowest BCUT2D eigenvalue weighted by Crippen LogP contribution is -2.52. The summed E-state index contributed by atoms with van der Waals surface area (Å²) in [7, 11) is 0. The van der Waals surface area contributed by atoms with Gasteiger partial charge in [0.1, 0.15) is 0 Å². The summed E-state index contributed by atoms with van der Waals surface area (Å²) >= 11 is 0. The van der Waals surface area contributed by atoms with Gasteiger partial charge in [-0.3, -0.25) is 4.90 Å². The quantitative estimate of drug-likeness (QED) is 0.780. The van der Waals surface area contributed by atoms with Crippen molar-refractivity contribution in [1.82, 2.24) is 10.2 Å². The van der Waals surface area contributed by atoms with E-state index in [0.717, 1.165) is 31.8 Å². The van der Waals surface area contributed by atoms with Crippen molar-refractivity contribution in [3.63, 3.8) is 0 Å². The summed E-state index contributed by atoms with van der Waals surface area (Å²) in [5.41, 5.74) is 0.419. The molecule has 2 atom stereocenters. The zero-order valence-electron chi connectivity index (χ0n) is 10.4. The van der Waals surface area contributed by atoms with Crippen LogP contribution in [-0.2, 0) is 4.74 Å². The van der Waals surface area contributed by atoms with Gasteiger partial charge in [-0.05, 0) is 25.8 Å². The molecule has 3 aliphatic rings. The molecule has 0 aliphatic carbocycles. The minimum atomic E-state index is 0.419. The van der Waals surface area contributed by atoms with Crippen LogP contribution in [0.5, 0.6) is 0 Å². The molecular formula is C13H24N2O. The van der Waals surface area contributed by atoms with Crippen LogP contribution in [0.25, 0.3) is 0 Å². The first kappa shape index (κ1) is 11.0. The maximum absolute atomic E-state index is 5.31. The molecule has 3 rings (SSSR count). The highest BCUT2D eigenvalue weighted by atomic mass is 16.5. The van der Waals surface area contributed by atoms with E-state index in [1.165, 1.54) is 38.8 Å². The molecule has 3 saturated heterocycles. The van der Waals surface area contributed by atoms with E-state index in [9.17, 15) is 0 Å². The molecule has 92 valence electrons. The standard InChI is InChI=1S/C13H24N2O/c1-13(9-16-10-13)8-14-11-5-7-15-6-3-2-4-12(11)15/h11-12,14H,2-10H2,1H3. The van der Waals surface area contributed by atoms with Crippen molar-refractivity contribution in [2.45, 2.75) is 44.7 Å². The van der Waals surface area contributed by atoms with Gasteiger partial charge in [0, 0.05) is 30.6 Å². The van der Waals surface area contributed by atoms with Crippen molar-refractivity contribution in [1.29, 1.82) is 0 Å². The predicted molar refractivity (Wildman–Crippen MR) is 64.5 cm³/mol. The number of hydrogen-bond acceptors (Lipinski definition) is 3. The summed E-state index contributed by atoms with van der Waals surface area (Å²) in [6.07, 6.45) is 5.60. The van der Waals surface area contributed by atoms with Gasteiger partial charge in [0.15, 0.2) is 0 Å². The molecular weight excluding hydrogens is 200 g/mol. The molecule has 0 aromatic rings. The van der Waals surface area contributed by atoms with Crippen LogP contribution in [0, 0.1) is 5.41 Å². The second-order valence-corrected chi connectivity index (χ2v) is 6.18. The van der Waals surface area contributed by atoms with Crippen LogP contribution >= 0.6 is 0 Å². The fourth-order valence-corrected chi connectivity index (χ4v) is 3.42. The third-order valence-electron chi connectivity index (χ3n) is 4.55. The highest BCUT2D eigenvalue weighted by Crippen LogP contribution is 2.29. The number of nitrogens with one attached hydrogen (secondary N) is 1.